The molecule has 7 nitrogen and oxygen atoms in total. The van der Waals surface area contributed by atoms with Crippen LogP contribution in [0.5, 0.6) is 0 Å². The van der Waals surface area contributed by atoms with Gasteiger partial charge >= 0.3 is 0 Å². The highest BCUT2D eigenvalue weighted by molar-refractivity contribution is 7.89. The summed E-state index contributed by atoms with van der Waals surface area (Å²) in [6.45, 7) is 3.48. The average Bonchev–Trinajstić information content (AvgIpc) is 2.87. The molecule has 1 amide bonds. The molecular formula is C16H22N4O3S. The number of aryl methyl sites for hydroxylation is 2. The predicted octanol–water partition coefficient (Wildman–Crippen LogP) is 1.01. The summed E-state index contributed by atoms with van der Waals surface area (Å²) in [7, 11) is -2.36. The van der Waals surface area contributed by atoms with Gasteiger partial charge in [-0.15, -0.1) is 0 Å². The highest BCUT2D eigenvalue weighted by Crippen LogP contribution is 2.20. The lowest BCUT2D eigenvalue weighted by Crippen LogP contribution is -2.39. The first-order chi connectivity index (χ1) is 11.3. The molecule has 2 aromatic rings. The molecule has 0 saturated heterocycles. The zero-order valence-corrected chi connectivity index (χ0v) is 14.9. The molecule has 1 heterocycles. The van der Waals surface area contributed by atoms with Crippen LogP contribution in [0.15, 0.2) is 35.2 Å². The zero-order valence-electron chi connectivity index (χ0n) is 14.0. The molecule has 0 bridgehead atoms. The van der Waals surface area contributed by atoms with E-state index in [2.05, 4.69) is 15.5 Å². The summed E-state index contributed by atoms with van der Waals surface area (Å²) in [6, 6.07) is 9.77. The van der Waals surface area contributed by atoms with Crippen molar-refractivity contribution in [3.8, 4) is 0 Å². The smallest absolute Gasteiger partial charge is 0.246 e. The summed E-state index contributed by atoms with van der Waals surface area (Å²) >= 11 is 0. The second kappa shape index (κ2) is 7.59. The Morgan fingerprint density at radius 1 is 1.25 bits per heavy atom. The van der Waals surface area contributed by atoms with E-state index in [-0.39, 0.29) is 17.3 Å². The number of nitrogens with zero attached hydrogens (tertiary/aromatic N) is 2. The minimum atomic E-state index is -3.75. The molecule has 0 atom stereocenters. The third-order valence-corrected chi connectivity index (χ3v) is 5.74. The van der Waals surface area contributed by atoms with E-state index >= 15 is 0 Å². The van der Waals surface area contributed by atoms with Crippen LogP contribution in [-0.2, 0) is 21.2 Å². The number of carbonyl (C=O) groups excluding carboxylic acids is 1. The molecule has 2 rings (SSSR count). The highest BCUT2D eigenvalue weighted by atomic mass is 32.2. The number of benzene rings is 1. The van der Waals surface area contributed by atoms with Crippen molar-refractivity contribution in [2.45, 2.75) is 25.2 Å². The maximum Gasteiger partial charge on any atom is 0.246 e. The number of nitrogens with one attached hydrogen (secondary N) is 2. The van der Waals surface area contributed by atoms with Crippen LogP contribution in [0.4, 0.5) is 0 Å². The van der Waals surface area contributed by atoms with Gasteiger partial charge in [0.2, 0.25) is 15.9 Å². The molecule has 0 spiro atoms. The summed E-state index contributed by atoms with van der Waals surface area (Å²) in [5.74, 6) is -0.337. The van der Waals surface area contributed by atoms with Gasteiger partial charge in [-0.2, -0.15) is 9.40 Å². The predicted molar refractivity (Wildman–Crippen MR) is 91.0 cm³/mol. The first-order valence-electron chi connectivity index (χ1n) is 7.61. The van der Waals surface area contributed by atoms with Gasteiger partial charge in [-0.25, -0.2) is 8.42 Å². The van der Waals surface area contributed by atoms with Crippen molar-refractivity contribution in [2.75, 3.05) is 20.1 Å². The van der Waals surface area contributed by atoms with Crippen LogP contribution in [0.2, 0.25) is 0 Å². The molecule has 130 valence electrons. The van der Waals surface area contributed by atoms with E-state index in [9.17, 15) is 13.2 Å². The molecule has 0 fully saturated rings. The van der Waals surface area contributed by atoms with E-state index in [1.807, 2.05) is 30.3 Å². The molecule has 1 aromatic heterocycles. The number of likely N-dealkylation sites (N-methyl/N-ethyl adjacent to an activating group) is 1. The van der Waals surface area contributed by atoms with Crippen molar-refractivity contribution in [3.05, 3.63) is 47.3 Å². The monoisotopic (exact) mass is 350 g/mol. The van der Waals surface area contributed by atoms with E-state index < -0.39 is 10.0 Å². The molecule has 24 heavy (non-hydrogen) atoms. The number of aromatic nitrogens is 2. The summed E-state index contributed by atoms with van der Waals surface area (Å²) in [6.07, 6.45) is 0.697. The lowest BCUT2D eigenvalue weighted by molar-refractivity contribution is -0.121. The number of aromatic amines is 1. The van der Waals surface area contributed by atoms with Crippen molar-refractivity contribution in [2.24, 2.45) is 0 Å². The van der Waals surface area contributed by atoms with Gasteiger partial charge in [0, 0.05) is 13.6 Å². The van der Waals surface area contributed by atoms with Crippen LogP contribution < -0.4 is 5.32 Å². The van der Waals surface area contributed by atoms with Crippen LogP contribution in [0.25, 0.3) is 0 Å². The van der Waals surface area contributed by atoms with Gasteiger partial charge in [0.15, 0.2) is 0 Å². The van der Waals surface area contributed by atoms with Crippen LogP contribution >= 0.6 is 0 Å². The molecule has 8 heteroatoms. The fraction of sp³-hybridized carbons (Fsp3) is 0.375. The summed E-state index contributed by atoms with van der Waals surface area (Å²) < 4.78 is 26.1. The van der Waals surface area contributed by atoms with Gasteiger partial charge in [0.25, 0.3) is 0 Å². The first kappa shape index (κ1) is 18.2. The third kappa shape index (κ3) is 4.21. The van der Waals surface area contributed by atoms with Crippen molar-refractivity contribution in [1.29, 1.82) is 0 Å². The number of hydrogen-bond acceptors (Lipinski definition) is 4. The summed E-state index contributed by atoms with van der Waals surface area (Å²) in [5, 5.41) is 9.28. The van der Waals surface area contributed by atoms with E-state index in [4.69, 9.17) is 0 Å². The number of carbonyl (C=O) groups is 1. The molecule has 1 aromatic carbocycles. The Labute approximate surface area is 142 Å². The molecule has 0 unspecified atom stereocenters. The Morgan fingerprint density at radius 2 is 1.92 bits per heavy atom. The lowest BCUT2D eigenvalue weighted by Gasteiger charge is -2.17. The van der Waals surface area contributed by atoms with Crippen LogP contribution in [0.1, 0.15) is 17.0 Å². The SMILES string of the molecule is Cc1n[nH]c(C)c1S(=O)(=O)N(C)CC(=O)NCCc1ccccc1. The van der Waals surface area contributed by atoms with Gasteiger partial charge in [-0.05, 0) is 25.8 Å². The standard InChI is InChI=1S/C16H22N4O3S/c1-12-16(13(2)19-18-12)24(22,23)20(3)11-15(21)17-10-9-14-7-5-4-6-8-14/h4-8H,9-11H2,1-3H3,(H,17,21)(H,18,19). The topological polar surface area (TPSA) is 95.2 Å². The second-order valence-corrected chi connectivity index (χ2v) is 7.59. The van der Waals surface area contributed by atoms with Crippen molar-refractivity contribution in [3.63, 3.8) is 0 Å². The van der Waals surface area contributed by atoms with Crippen molar-refractivity contribution < 1.29 is 13.2 Å². The van der Waals surface area contributed by atoms with Crippen LogP contribution in [0, 0.1) is 13.8 Å². The second-order valence-electron chi connectivity index (χ2n) is 5.61. The Morgan fingerprint density at radius 3 is 2.50 bits per heavy atom. The van der Waals surface area contributed by atoms with Crippen LogP contribution in [-0.4, -0.2) is 49.0 Å². The van der Waals surface area contributed by atoms with Gasteiger partial charge in [0.1, 0.15) is 4.90 Å². The Balaban J connectivity index is 1.91. The van der Waals surface area contributed by atoms with Crippen molar-refractivity contribution in [1.82, 2.24) is 19.8 Å². The molecular weight excluding hydrogens is 328 g/mol. The molecule has 0 aliphatic rings. The van der Waals surface area contributed by atoms with Crippen LogP contribution in [0.3, 0.4) is 0 Å². The normalized spacial score (nSPS) is 11.7. The Kier molecular flexibility index (Phi) is 5.74. The van der Waals surface area contributed by atoms with E-state index in [0.29, 0.717) is 24.4 Å². The van der Waals surface area contributed by atoms with E-state index in [1.165, 1.54) is 7.05 Å². The zero-order chi connectivity index (χ0) is 17.7. The molecule has 0 aliphatic carbocycles. The number of rotatable bonds is 7. The first-order valence-corrected chi connectivity index (χ1v) is 9.05. The fourth-order valence-corrected chi connectivity index (χ4v) is 3.86. The summed E-state index contributed by atoms with van der Waals surface area (Å²) in [5.41, 5.74) is 1.97. The van der Waals surface area contributed by atoms with Gasteiger partial charge in [0.05, 0.1) is 17.9 Å². The molecule has 0 radical (unpaired) electrons. The lowest BCUT2D eigenvalue weighted by atomic mass is 10.1. The molecule has 0 aliphatic heterocycles. The molecule has 2 N–H and O–H groups in total. The number of amides is 1. The largest absolute Gasteiger partial charge is 0.355 e. The minimum absolute atomic E-state index is 0.127. The van der Waals surface area contributed by atoms with Gasteiger partial charge < -0.3 is 5.32 Å². The van der Waals surface area contributed by atoms with Gasteiger partial charge in [-0.3, -0.25) is 9.89 Å². The fourth-order valence-electron chi connectivity index (χ4n) is 2.41. The van der Waals surface area contributed by atoms with Gasteiger partial charge in [-0.1, -0.05) is 30.3 Å². The maximum absolute atomic E-state index is 12.6. The van der Waals surface area contributed by atoms with Crippen molar-refractivity contribution >= 4 is 15.9 Å². The number of hydrogen-bond donors (Lipinski definition) is 2. The summed E-state index contributed by atoms with van der Waals surface area (Å²) in [4.78, 5) is 12.1. The van der Waals surface area contributed by atoms with E-state index in [1.54, 1.807) is 13.8 Å². The Bertz CT molecular complexity index is 780. The number of sulfonamides is 1. The quantitative estimate of drug-likeness (QED) is 0.779. The third-order valence-electron chi connectivity index (χ3n) is 3.67. The number of H-pyrrole nitrogens is 1. The average molecular weight is 350 g/mol. The Hall–Kier alpha value is -2.19. The minimum Gasteiger partial charge on any atom is -0.355 e. The maximum atomic E-state index is 12.6. The van der Waals surface area contributed by atoms with E-state index in [0.717, 1.165) is 9.87 Å². The highest BCUT2D eigenvalue weighted by Gasteiger charge is 2.28. The molecule has 0 saturated carbocycles.